The Bertz CT molecular complexity index is 411. The summed E-state index contributed by atoms with van der Waals surface area (Å²) in [6.07, 6.45) is 1.69. The van der Waals surface area contributed by atoms with Crippen molar-refractivity contribution < 1.29 is 14.2 Å². The van der Waals surface area contributed by atoms with Gasteiger partial charge in [0.25, 0.3) is 0 Å². The van der Waals surface area contributed by atoms with Crippen molar-refractivity contribution in [2.45, 2.75) is 18.9 Å². The Morgan fingerprint density at radius 3 is 2.61 bits per heavy atom. The molecule has 6 heteroatoms. The number of aromatic hydroxyl groups is 1. The molecule has 1 aromatic rings. The van der Waals surface area contributed by atoms with Gasteiger partial charge >= 0.3 is 0 Å². The molecule has 1 aliphatic heterocycles. The number of nitrogens with two attached hydrogens (primary N) is 1. The molecule has 1 saturated heterocycles. The summed E-state index contributed by atoms with van der Waals surface area (Å²) in [4.78, 5) is 0. The number of ether oxygens (including phenoxy) is 1. The topological polar surface area (TPSA) is 55.5 Å². The lowest BCUT2D eigenvalue weighted by Crippen LogP contribution is -2.27. The Hall–Kier alpha value is -0.550. The maximum Gasteiger partial charge on any atom is 0.145 e. The second kappa shape index (κ2) is 6.57. The van der Waals surface area contributed by atoms with Crippen molar-refractivity contribution in [1.29, 1.82) is 0 Å². The molecule has 1 heterocycles. The molecule has 0 spiro atoms. The van der Waals surface area contributed by atoms with Gasteiger partial charge in [-0.2, -0.15) is 0 Å². The molecule has 0 aromatic heterocycles. The molecule has 2 rings (SSSR count). The fourth-order valence-electron chi connectivity index (χ4n) is 2.15. The maximum absolute atomic E-state index is 13.1. The monoisotopic (exact) mass is 295 g/mol. The van der Waals surface area contributed by atoms with Crippen molar-refractivity contribution >= 4 is 24.0 Å². The molecule has 1 atom stereocenters. The zero-order chi connectivity index (χ0) is 12.4. The molecule has 18 heavy (non-hydrogen) atoms. The quantitative estimate of drug-likeness (QED) is 0.882. The van der Waals surface area contributed by atoms with Crippen LogP contribution in [0.4, 0.5) is 4.39 Å². The van der Waals surface area contributed by atoms with Gasteiger partial charge in [-0.1, -0.05) is 17.7 Å². The summed E-state index contributed by atoms with van der Waals surface area (Å²) < 4.78 is 18.4. The van der Waals surface area contributed by atoms with E-state index in [1.807, 2.05) is 0 Å². The zero-order valence-electron chi connectivity index (χ0n) is 9.73. The molecular weight excluding hydrogens is 280 g/mol. The molecule has 3 nitrogen and oxygen atoms in total. The van der Waals surface area contributed by atoms with Crippen LogP contribution >= 0.6 is 24.0 Å². The van der Waals surface area contributed by atoms with Crippen molar-refractivity contribution in [2.75, 3.05) is 13.2 Å². The minimum Gasteiger partial charge on any atom is -0.506 e. The molecule has 0 saturated carbocycles. The molecule has 102 valence electrons. The van der Waals surface area contributed by atoms with E-state index in [9.17, 15) is 9.50 Å². The van der Waals surface area contributed by atoms with Crippen LogP contribution in [0.1, 0.15) is 24.4 Å². The van der Waals surface area contributed by atoms with Crippen LogP contribution in [0.5, 0.6) is 5.75 Å². The molecule has 1 fully saturated rings. The van der Waals surface area contributed by atoms with E-state index in [4.69, 9.17) is 22.1 Å². The summed E-state index contributed by atoms with van der Waals surface area (Å²) in [5.41, 5.74) is 6.60. The lowest BCUT2D eigenvalue weighted by atomic mass is 9.87. The Labute approximate surface area is 116 Å². The highest BCUT2D eigenvalue weighted by Crippen LogP contribution is 2.37. The van der Waals surface area contributed by atoms with Gasteiger partial charge in [0.15, 0.2) is 0 Å². The lowest BCUT2D eigenvalue weighted by molar-refractivity contribution is 0.0581. The van der Waals surface area contributed by atoms with E-state index in [-0.39, 0.29) is 35.1 Å². The Morgan fingerprint density at radius 1 is 1.39 bits per heavy atom. The van der Waals surface area contributed by atoms with Crippen LogP contribution in [0.3, 0.4) is 0 Å². The number of phenols is 1. The van der Waals surface area contributed by atoms with Gasteiger partial charge in [-0.25, -0.2) is 4.39 Å². The predicted molar refractivity (Wildman–Crippen MR) is 70.8 cm³/mol. The predicted octanol–water partition coefficient (Wildman–Crippen LogP) is 3.03. The van der Waals surface area contributed by atoms with Gasteiger partial charge in [0.05, 0.1) is 0 Å². The highest BCUT2D eigenvalue weighted by molar-refractivity contribution is 6.32. The lowest BCUT2D eigenvalue weighted by Gasteiger charge is -2.28. The third-order valence-corrected chi connectivity index (χ3v) is 3.59. The van der Waals surface area contributed by atoms with Crippen LogP contribution in [0.2, 0.25) is 5.02 Å². The minimum atomic E-state index is -0.632. The van der Waals surface area contributed by atoms with E-state index < -0.39 is 5.82 Å². The van der Waals surface area contributed by atoms with Crippen LogP contribution in [0.15, 0.2) is 12.1 Å². The van der Waals surface area contributed by atoms with Gasteiger partial charge in [0, 0.05) is 24.8 Å². The largest absolute Gasteiger partial charge is 0.506 e. The van der Waals surface area contributed by atoms with E-state index in [1.54, 1.807) is 0 Å². The van der Waals surface area contributed by atoms with Crippen molar-refractivity contribution in [3.63, 3.8) is 0 Å². The van der Waals surface area contributed by atoms with Crippen molar-refractivity contribution in [2.24, 2.45) is 11.7 Å². The second-order valence-corrected chi connectivity index (χ2v) is 4.65. The average molecular weight is 296 g/mol. The molecule has 3 N–H and O–H groups in total. The number of hydrogen-bond acceptors (Lipinski definition) is 3. The first-order valence-corrected chi connectivity index (χ1v) is 5.99. The summed E-state index contributed by atoms with van der Waals surface area (Å²) in [5, 5.41) is 9.54. The SMILES string of the molecule is Cl.N[C@@H](c1ccc(F)c(Cl)c1O)C1CCOCC1. The summed E-state index contributed by atoms with van der Waals surface area (Å²) in [6.45, 7) is 1.35. The number of halogens is 3. The summed E-state index contributed by atoms with van der Waals surface area (Å²) in [5.74, 6) is -0.645. The van der Waals surface area contributed by atoms with Gasteiger partial charge in [0.1, 0.15) is 16.6 Å². The first-order valence-electron chi connectivity index (χ1n) is 5.61. The van der Waals surface area contributed by atoms with E-state index >= 15 is 0 Å². The van der Waals surface area contributed by atoms with E-state index in [1.165, 1.54) is 12.1 Å². The number of rotatable bonds is 2. The highest BCUT2D eigenvalue weighted by atomic mass is 35.5. The maximum atomic E-state index is 13.1. The van der Waals surface area contributed by atoms with Gasteiger partial charge < -0.3 is 15.6 Å². The van der Waals surface area contributed by atoms with Crippen LogP contribution in [0, 0.1) is 11.7 Å². The third kappa shape index (κ3) is 3.06. The van der Waals surface area contributed by atoms with Crippen LogP contribution in [-0.4, -0.2) is 18.3 Å². The molecule has 0 radical (unpaired) electrons. The Morgan fingerprint density at radius 2 is 2.00 bits per heavy atom. The summed E-state index contributed by atoms with van der Waals surface area (Å²) >= 11 is 5.66. The highest BCUT2D eigenvalue weighted by Gasteiger charge is 2.25. The fraction of sp³-hybridized carbons (Fsp3) is 0.500. The summed E-state index contributed by atoms with van der Waals surface area (Å²) in [6, 6.07) is 2.39. The number of hydrogen-bond donors (Lipinski definition) is 2. The van der Waals surface area contributed by atoms with Crippen LogP contribution in [-0.2, 0) is 4.74 Å². The van der Waals surface area contributed by atoms with Crippen molar-refractivity contribution in [3.8, 4) is 5.75 Å². The van der Waals surface area contributed by atoms with Gasteiger partial charge in [-0.3, -0.25) is 0 Å². The average Bonchev–Trinajstić information content (AvgIpc) is 2.36. The molecule has 1 aliphatic rings. The molecule has 0 amide bonds. The molecule has 0 aliphatic carbocycles. The summed E-state index contributed by atoms with van der Waals surface area (Å²) in [7, 11) is 0. The van der Waals surface area contributed by atoms with Crippen LogP contribution in [0.25, 0.3) is 0 Å². The van der Waals surface area contributed by atoms with Crippen molar-refractivity contribution in [1.82, 2.24) is 0 Å². The number of benzene rings is 1. The van der Waals surface area contributed by atoms with Gasteiger partial charge in [-0.15, -0.1) is 12.4 Å². The Balaban J connectivity index is 0.00000162. The standard InChI is InChI=1S/C12H15ClFNO2.ClH/c13-10-9(14)2-1-8(12(10)16)11(15)7-3-5-17-6-4-7;/h1-2,7,11,16H,3-6,15H2;1H/t11-;/m1./s1. The molecule has 0 unspecified atom stereocenters. The normalized spacial score (nSPS) is 18.2. The smallest absolute Gasteiger partial charge is 0.145 e. The van der Waals surface area contributed by atoms with E-state index in [0.29, 0.717) is 18.8 Å². The van der Waals surface area contributed by atoms with Crippen LogP contribution < -0.4 is 5.73 Å². The fourth-order valence-corrected chi connectivity index (χ4v) is 2.32. The van der Waals surface area contributed by atoms with E-state index in [2.05, 4.69) is 0 Å². The molecular formula is C12H16Cl2FNO2. The first kappa shape index (κ1) is 15.5. The second-order valence-electron chi connectivity index (χ2n) is 4.27. The third-order valence-electron chi connectivity index (χ3n) is 3.23. The van der Waals surface area contributed by atoms with Crippen molar-refractivity contribution in [3.05, 3.63) is 28.5 Å². The first-order chi connectivity index (χ1) is 8.11. The molecule has 1 aromatic carbocycles. The minimum absolute atomic E-state index is 0. The van der Waals surface area contributed by atoms with E-state index in [0.717, 1.165) is 12.8 Å². The Kier molecular flexibility index (Phi) is 5.66. The van der Waals surface area contributed by atoms with Gasteiger partial charge in [0.2, 0.25) is 0 Å². The number of phenolic OH excluding ortho intramolecular Hbond substituents is 1. The van der Waals surface area contributed by atoms with Gasteiger partial charge in [-0.05, 0) is 24.8 Å². The zero-order valence-corrected chi connectivity index (χ0v) is 11.3. The molecule has 0 bridgehead atoms.